The smallest absolute Gasteiger partial charge is 0.161 e. The zero-order valence-corrected chi connectivity index (χ0v) is 10.8. The molecule has 0 spiro atoms. The second-order valence-electron chi connectivity index (χ2n) is 4.78. The summed E-state index contributed by atoms with van der Waals surface area (Å²) in [5.74, 6) is 0.845. The van der Waals surface area contributed by atoms with Gasteiger partial charge in [-0.3, -0.25) is 9.48 Å². The molecule has 1 aliphatic rings. The molecule has 0 radical (unpaired) electrons. The maximum atomic E-state index is 12.4. The Bertz CT molecular complexity index is 605. The van der Waals surface area contributed by atoms with Crippen molar-refractivity contribution in [3.63, 3.8) is 0 Å². The van der Waals surface area contributed by atoms with Crippen LogP contribution in [0.2, 0.25) is 0 Å². The first kappa shape index (κ1) is 12.0. The van der Waals surface area contributed by atoms with E-state index in [0.29, 0.717) is 12.2 Å². The summed E-state index contributed by atoms with van der Waals surface area (Å²) in [4.78, 5) is 16.5. The molecule has 2 heterocycles. The Kier molecular flexibility index (Phi) is 3.13. The summed E-state index contributed by atoms with van der Waals surface area (Å²) < 4.78 is 1.65. The van der Waals surface area contributed by atoms with Crippen molar-refractivity contribution in [2.75, 3.05) is 6.54 Å². The lowest BCUT2D eigenvalue weighted by Gasteiger charge is -2.25. The van der Waals surface area contributed by atoms with Crippen molar-refractivity contribution >= 4 is 5.78 Å². The Balaban J connectivity index is 1.84. The molecule has 1 atom stereocenters. The number of aryl methyl sites for hydroxylation is 1. The van der Waals surface area contributed by atoms with Crippen LogP contribution in [-0.4, -0.2) is 27.1 Å². The maximum absolute atomic E-state index is 12.4. The van der Waals surface area contributed by atoms with Crippen LogP contribution in [0.3, 0.4) is 0 Å². The lowest BCUT2D eigenvalue weighted by atomic mass is 9.91. The minimum Gasteiger partial charge on any atom is -0.303 e. The molecule has 1 aromatic heterocycles. The number of aromatic nitrogens is 3. The van der Waals surface area contributed by atoms with Gasteiger partial charge in [0, 0.05) is 13.6 Å². The molecular formula is C14H16N4O. The van der Waals surface area contributed by atoms with Crippen LogP contribution in [0, 0.1) is 0 Å². The van der Waals surface area contributed by atoms with Gasteiger partial charge in [0.1, 0.15) is 12.2 Å². The molecule has 0 amide bonds. The maximum Gasteiger partial charge on any atom is 0.161 e. The molecular weight excluding hydrogens is 240 g/mol. The highest BCUT2D eigenvalue weighted by molar-refractivity contribution is 5.87. The Morgan fingerprint density at radius 2 is 2.32 bits per heavy atom. The van der Waals surface area contributed by atoms with E-state index in [-0.39, 0.29) is 11.8 Å². The van der Waals surface area contributed by atoms with Gasteiger partial charge in [-0.15, -0.1) is 0 Å². The first-order valence-electron chi connectivity index (χ1n) is 6.42. The Morgan fingerprint density at radius 3 is 3.11 bits per heavy atom. The molecule has 0 bridgehead atoms. The first-order chi connectivity index (χ1) is 9.25. The molecule has 3 rings (SSSR count). The molecule has 1 unspecified atom stereocenters. The summed E-state index contributed by atoms with van der Waals surface area (Å²) in [6.45, 7) is 0.840. The molecule has 0 aliphatic carbocycles. The van der Waals surface area contributed by atoms with Gasteiger partial charge in [0.25, 0.3) is 0 Å². The number of hydrogen-bond acceptors (Lipinski definition) is 4. The normalized spacial score (nSPS) is 18.1. The highest BCUT2D eigenvalue weighted by Gasteiger charge is 2.26. The minimum atomic E-state index is -0.221. The van der Waals surface area contributed by atoms with Crippen LogP contribution >= 0.6 is 0 Å². The zero-order valence-electron chi connectivity index (χ0n) is 10.8. The standard InChI is InChI=1S/C14H16N4O/c1-18-13(16-9-17-18)8-12(19)14-11-5-3-2-4-10(11)6-7-15-14/h2-5,9,14-15H,6-8H2,1H3. The van der Waals surface area contributed by atoms with E-state index in [4.69, 9.17) is 0 Å². The molecule has 1 aromatic carbocycles. The third kappa shape index (κ3) is 2.29. The summed E-state index contributed by atoms with van der Waals surface area (Å²) in [5.41, 5.74) is 2.36. The molecule has 2 aromatic rings. The summed E-state index contributed by atoms with van der Waals surface area (Å²) in [7, 11) is 1.80. The van der Waals surface area contributed by atoms with E-state index >= 15 is 0 Å². The summed E-state index contributed by atoms with van der Waals surface area (Å²) in [5, 5.41) is 7.29. The van der Waals surface area contributed by atoms with Crippen molar-refractivity contribution in [2.45, 2.75) is 18.9 Å². The van der Waals surface area contributed by atoms with E-state index in [0.717, 1.165) is 18.5 Å². The van der Waals surface area contributed by atoms with Gasteiger partial charge in [-0.1, -0.05) is 24.3 Å². The predicted octanol–water partition coefficient (Wildman–Crippen LogP) is 0.814. The molecule has 0 saturated carbocycles. The van der Waals surface area contributed by atoms with E-state index < -0.39 is 0 Å². The largest absolute Gasteiger partial charge is 0.303 e. The number of benzene rings is 1. The molecule has 19 heavy (non-hydrogen) atoms. The molecule has 1 N–H and O–H groups in total. The third-order valence-corrected chi connectivity index (χ3v) is 3.57. The second-order valence-corrected chi connectivity index (χ2v) is 4.78. The molecule has 5 heteroatoms. The van der Waals surface area contributed by atoms with E-state index in [1.54, 1.807) is 11.7 Å². The van der Waals surface area contributed by atoms with Crippen LogP contribution in [0.5, 0.6) is 0 Å². The van der Waals surface area contributed by atoms with Gasteiger partial charge < -0.3 is 5.32 Å². The van der Waals surface area contributed by atoms with Crippen LogP contribution in [0.15, 0.2) is 30.6 Å². The summed E-state index contributed by atoms with van der Waals surface area (Å²) >= 11 is 0. The number of nitrogens with zero attached hydrogens (tertiary/aromatic N) is 3. The lowest BCUT2D eigenvalue weighted by molar-refractivity contribution is -0.120. The van der Waals surface area contributed by atoms with Crippen molar-refractivity contribution in [3.8, 4) is 0 Å². The van der Waals surface area contributed by atoms with Gasteiger partial charge in [-0.05, 0) is 17.5 Å². The SMILES string of the molecule is Cn1ncnc1CC(=O)C1NCCc2ccccc21. The van der Waals surface area contributed by atoms with Gasteiger partial charge >= 0.3 is 0 Å². The number of Topliss-reactive ketones (excluding diaryl/α,β-unsaturated/α-hetero) is 1. The third-order valence-electron chi connectivity index (χ3n) is 3.57. The van der Waals surface area contributed by atoms with Crippen molar-refractivity contribution in [1.29, 1.82) is 0 Å². The Morgan fingerprint density at radius 1 is 1.47 bits per heavy atom. The van der Waals surface area contributed by atoms with E-state index in [2.05, 4.69) is 21.5 Å². The zero-order chi connectivity index (χ0) is 13.2. The van der Waals surface area contributed by atoms with Gasteiger partial charge in [-0.25, -0.2) is 4.98 Å². The predicted molar refractivity (Wildman–Crippen MR) is 70.6 cm³/mol. The van der Waals surface area contributed by atoms with Crippen LogP contribution in [-0.2, 0) is 24.7 Å². The molecule has 98 valence electrons. The fourth-order valence-electron chi connectivity index (χ4n) is 2.53. The van der Waals surface area contributed by atoms with Crippen LogP contribution in [0.4, 0.5) is 0 Å². The molecule has 0 fully saturated rings. The summed E-state index contributed by atoms with van der Waals surface area (Å²) in [6, 6.07) is 7.91. The van der Waals surface area contributed by atoms with Crippen molar-refractivity contribution in [1.82, 2.24) is 20.1 Å². The summed E-state index contributed by atoms with van der Waals surface area (Å²) in [6.07, 6.45) is 2.76. The Hall–Kier alpha value is -2.01. The van der Waals surface area contributed by atoms with Gasteiger partial charge in [-0.2, -0.15) is 5.10 Å². The van der Waals surface area contributed by atoms with Gasteiger partial charge in [0.05, 0.1) is 12.5 Å². The number of nitrogens with one attached hydrogen (secondary N) is 1. The van der Waals surface area contributed by atoms with Crippen LogP contribution < -0.4 is 5.32 Å². The lowest BCUT2D eigenvalue weighted by Crippen LogP contribution is -2.36. The fraction of sp³-hybridized carbons (Fsp3) is 0.357. The second kappa shape index (κ2) is 4.93. The average Bonchev–Trinajstić information content (AvgIpc) is 2.83. The molecule has 5 nitrogen and oxygen atoms in total. The quantitative estimate of drug-likeness (QED) is 0.883. The average molecular weight is 256 g/mol. The number of rotatable bonds is 3. The Labute approximate surface area is 111 Å². The van der Waals surface area contributed by atoms with Crippen LogP contribution in [0.25, 0.3) is 0 Å². The number of carbonyl (C=O) groups excluding carboxylic acids is 1. The fourth-order valence-corrected chi connectivity index (χ4v) is 2.53. The number of hydrogen-bond donors (Lipinski definition) is 1. The molecule has 0 saturated heterocycles. The first-order valence-corrected chi connectivity index (χ1v) is 6.42. The van der Waals surface area contributed by atoms with Gasteiger partial charge in [0.15, 0.2) is 5.78 Å². The topological polar surface area (TPSA) is 59.8 Å². The number of ketones is 1. The van der Waals surface area contributed by atoms with Crippen LogP contribution in [0.1, 0.15) is 23.0 Å². The monoisotopic (exact) mass is 256 g/mol. The van der Waals surface area contributed by atoms with Crippen molar-refractivity contribution in [3.05, 3.63) is 47.5 Å². The highest BCUT2D eigenvalue weighted by atomic mass is 16.1. The van der Waals surface area contributed by atoms with E-state index in [1.165, 1.54) is 11.9 Å². The number of fused-ring (bicyclic) bond motifs is 1. The van der Waals surface area contributed by atoms with Gasteiger partial charge in [0.2, 0.25) is 0 Å². The van der Waals surface area contributed by atoms with Crippen molar-refractivity contribution < 1.29 is 4.79 Å². The molecule has 1 aliphatic heterocycles. The van der Waals surface area contributed by atoms with Crippen molar-refractivity contribution in [2.24, 2.45) is 7.05 Å². The number of carbonyl (C=O) groups is 1. The van der Waals surface area contributed by atoms with E-state index in [1.807, 2.05) is 18.2 Å². The highest BCUT2D eigenvalue weighted by Crippen LogP contribution is 2.24. The van der Waals surface area contributed by atoms with E-state index in [9.17, 15) is 4.79 Å². The minimum absolute atomic E-state index is 0.142.